The van der Waals surface area contributed by atoms with E-state index >= 15 is 0 Å². The first-order valence-corrected chi connectivity index (χ1v) is 13.7. The van der Waals surface area contributed by atoms with Crippen molar-refractivity contribution in [2.24, 2.45) is 5.92 Å². The molecule has 0 radical (unpaired) electrons. The van der Waals surface area contributed by atoms with E-state index in [1.807, 2.05) is 18.6 Å². The van der Waals surface area contributed by atoms with E-state index in [4.69, 9.17) is 0 Å². The summed E-state index contributed by atoms with van der Waals surface area (Å²) in [7, 11) is 0. The molecule has 0 aliphatic heterocycles. The van der Waals surface area contributed by atoms with Gasteiger partial charge >= 0.3 is 0 Å². The van der Waals surface area contributed by atoms with Crippen molar-refractivity contribution < 1.29 is 4.39 Å². The highest BCUT2D eigenvalue weighted by Gasteiger charge is 2.17. The molecule has 0 bridgehead atoms. The van der Waals surface area contributed by atoms with Gasteiger partial charge in [0.15, 0.2) is 10.8 Å². The Kier molecular flexibility index (Phi) is 5.94. The lowest BCUT2D eigenvalue weighted by Gasteiger charge is -2.11. The Hall–Kier alpha value is -3.95. The molecule has 6 aromatic rings. The van der Waals surface area contributed by atoms with Crippen LogP contribution in [0.2, 0.25) is 0 Å². The molecule has 0 aromatic carbocycles. The van der Waals surface area contributed by atoms with E-state index in [-0.39, 0.29) is 5.13 Å². The Balaban J connectivity index is 1.20. The fourth-order valence-electron chi connectivity index (χ4n) is 5.48. The minimum Gasteiger partial charge on any atom is -0.352 e. The van der Waals surface area contributed by atoms with Crippen LogP contribution in [0.4, 0.5) is 4.39 Å². The van der Waals surface area contributed by atoms with Crippen LogP contribution in [-0.2, 0) is 6.54 Å². The molecular formula is C29H26FN7S. The van der Waals surface area contributed by atoms with Gasteiger partial charge in [-0.3, -0.25) is 15.1 Å². The number of nitrogens with one attached hydrogen (secondary N) is 3. The monoisotopic (exact) mass is 523 g/mol. The van der Waals surface area contributed by atoms with E-state index in [2.05, 4.69) is 53.6 Å². The maximum atomic E-state index is 13.7. The van der Waals surface area contributed by atoms with Crippen molar-refractivity contribution in [2.75, 3.05) is 6.54 Å². The Morgan fingerprint density at radius 1 is 0.947 bits per heavy atom. The first kappa shape index (κ1) is 23.2. The van der Waals surface area contributed by atoms with Gasteiger partial charge in [0.05, 0.1) is 23.1 Å². The molecule has 6 heterocycles. The highest BCUT2D eigenvalue weighted by Crippen LogP contribution is 2.36. The lowest BCUT2D eigenvalue weighted by molar-refractivity contribution is 0.489. The van der Waals surface area contributed by atoms with Gasteiger partial charge < -0.3 is 10.3 Å². The fraction of sp³-hybridized carbons (Fsp3) is 0.241. The predicted molar refractivity (Wildman–Crippen MR) is 149 cm³/mol. The normalized spacial score (nSPS) is 14.2. The third-order valence-electron chi connectivity index (χ3n) is 7.43. The number of H-pyrrole nitrogens is 2. The molecule has 1 fully saturated rings. The highest BCUT2D eigenvalue weighted by molar-refractivity contribution is 7.14. The van der Waals surface area contributed by atoms with Crippen molar-refractivity contribution in [3.05, 3.63) is 72.0 Å². The molecule has 190 valence electrons. The lowest BCUT2D eigenvalue weighted by atomic mass is 10.1. The van der Waals surface area contributed by atoms with Gasteiger partial charge in [0, 0.05) is 63.7 Å². The molecule has 0 atom stereocenters. The summed E-state index contributed by atoms with van der Waals surface area (Å²) in [6.07, 6.45) is 14.6. The van der Waals surface area contributed by atoms with Gasteiger partial charge in [-0.2, -0.15) is 9.49 Å². The van der Waals surface area contributed by atoms with Crippen LogP contribution in [0, 0.1) is 11.0 Å². The molecule has 7 rings (SSSR count). The van der Waals surface area contributed by atoms with Gasteiger partial charge in [-0.1, -0.05) is 12.8 Å². The predicted octanol–water partition coefficient (Wildman–Crippen LogP) is 6.71. The van der Waals surface area contributed by atoms with Crippen LogP contribution in [0.1, 0.15) is 31.2 Å². The van der Waals surface area contributed by atoms with Crippen LogP contribution in [-0.4, -0.2) is 36.7 Å². The molecule has 3 N–H and O–H groups in total. The highest BCUT2D eigenvalue weighted by atomic mass is 32.1. The zero-order chi connectivity index (χ0) is 25.5. The average Bonchev–Trinajstić information content (AvgIpc) is 3.74. The molecule has 1 aliphatic carbocycles. The molecule has 7 nitrogen and oxygen atoms in total. The average molecular weight is 524 g/mol. The summed E-state index contributed by atoms with van der Waals surface area (Å²) in [5.41, 5.74) is 7.29. The molecule has 0 spiro atoms. The summed E-state index contributed by atoms with van der Waals surface area (Å²) < 4.78 is 13.7. The molecule has 1 aliphatic rings. The summed E-state index contributed by atoms with van der Waals surface area (Å²) in [5, 5.41) is 12.9. The van der Waals surface area contributed by atoms with E-state index in [0.29, 0.717) is 5.65 Å². The fourth-order valence-corrected chi connectivity index (χ4v) is 6.24. The largest absolute Gasteiger partial charge is 0.352 e. The summed E-state index contributed by atoms with van der Waals surface area (Å²) >= 11 is 1.12. The van der Waals surface area contributed by atoms with E-state index < -0.39 is 0 Å². The van der Waals surface area contributed by atoms with Gasteiger partial charge in [-0.25, -0.2) is 4.98 Å². The standard InChI is InChI=1S/C29H26FN7S/c30-27-6-5-26(38-27)23-15-33-16-25-21(23)9-24(35-25)28-22-8-20(14-34-29(22)37-36-28)19-7-18(12-32-13-19)11-31-10-17-3-1-2-4-17/h5-9,12-17,31,35H,1-4,10-11H2,(H,34,36,37). The Morgan fingerprint density at radius 2 is 1.82 bits per heavy atom. The number of halogens is 1. The zero-order valence-corrected chi connectivity index (χ0v) is 21.5. The summed E-state index contributed by atoms with van der Waals surface area (Å²) in [6.45, 7) is 1.88. The van der Waals surface area contributed by atoms with E-state index in [0.717, 1.165) is 85.2 Å². The van der Waals surface area contributed by atoms with E-state index in [1.54, 1.807) is 18.5 Å². The van der Waals surface area contributed by atoms with Gasteiger partial charge in [-0.05, 0) is 61.2 Å². The minimum atomic E-state index is -0.214. The van der Waals surface area contributed by atoms with Crippen molar-refractivity contribution in [3.63, 3.8) is 0 Å². The van der Waals surface area contributed by atoms with Gasteiger partial charge in [0.1, 0.15) is 0 Å². The van der Waals surface area contributed by atoms with Crippen LogP contribution >= 0.6 is 11.3 Å². The summed E-state index contributed by atoms with van der Waals surface area (Å²) in [5.74, 6) is 0.806. The second kappa shape index (κ2) is 9.74. The van der Waals surface area contributed by atoms with Crippen LogP contribution in [0.25, 0.3) is 54.9 Å². The number of pyridine rings is 3. The molecular weight excluding hydrogens is 497 g/mol. The van der Waals surface area contributed by atoms with Crippen molar-refractivity contribution in [2.45, 2.75) is 32.2 Å². The number of nitrogens with zero attached hydrogens (tertiary/aromatic N) is 4. The Labute approximate surface area is 222 Å². The van der Waals surface area contributed by atoms with E-state index in [9.17, 15) is 4.39 Å². The maximum absolute atomic E-state index is 13.7. The quantitative estimate of drug-likeness (QED) is 0.216. The second-order valence-corrected chi connectivity index (χ2v) is 11.0. The smallest absolute Gasteiger partial charge is 0.181 e. The van der Waals surface area contributed by atoms with Crippen LogP contribution < -0.4 is 5.32 Å². The minimum absolute atomic E-state index is 0.214. The number of hydrogen-bond donors (Lipinski definition) is 3. The van der Waals surface area contributed by atoms with Crippen molar-refractivity contribution in [3.8, 4) is 33.0 Å². The van der Waals surface area contributed by atoms with Gasteiger partial charge in [0.25, 0.3) is 0 Å². The Morgan fingerprint density at radius 3 is 2.68 bits per heavy atom. The number of hydrogen-bond acceptors (Lipinski definition) is 6. The number of fused-ring (bicyclic) bond motifs is 2. The zero-order valence-electron chi connectivity index (χ0n) is 20.7. The molecule has 0 saturated heterocycles. The number of thiophene rings is 1. The second-order valence-electron chi connectivity index (χ2n) is 9.99. The number of aromatic nitrogens is 6. The van der Waals surface area contributed by atoms with Crippen LogP contribution in [0.5, 0.6) is 0 Å². The van der Waals surface area contributed by atoms with Gasteiger partial charge in [-0.15, -0.1) is 11.3 Å². The lowest BCUT2D eigenvalue weighted by Crippen LogP contribution is -2.20. The topological polar surface area (TPSA) is 95.2 Å². The third kappa shape index (κ3) is 4.37. The molecule has 1 saturated carbocycles. The SMILES string of the molecule is Fc1ccc(-c2cncc3[nH]c(-c4[nH]nc5ncc(-c6cncc(CNCC7CCCC7)c6)cc45)cc23)s1. The van der Waals surface area contributed by atoms with E-state index in [1.165, 1.54) is 31.7 Å². The van der Waals surface area contributed by atoms with Crippen LogP contribution in [0.15, 0.2) is 61.3 Å². The summed E-state index contributed by atoms with van der Waals surface area (Å²) in [6, 6.07) is 9.61. The molecule has 9 heteroatoms. The molecule has 38 heavy (non-hydrogen) atoms. The van der Waals surface area contributed by atoms with Crippen molar-refractivity contribution in [1.29, 1.82) is 0 Å². The Bertz CT molecular complexity index is 1740. The molecule has 0 unspecified atom stereocenters. The number of aromatic amines is 2. The van der Waals surface area contributed by atoms with Crippen molar-refractivity contribution in [1.82, 2.24) is 35.5 Å². The molecule has 6 aromatic heterocycles. The van der Waals surface area contributed by atoms with Gasteiger partial charge in [0.2, 0.25) is 0 Å². The third-order valence-corrected chi connectivity index (χ3v) is 8.34. The first-order valence-electron chi connectivity index (χ1n) is 12.9. The first-order chi connectivity index (χ1) is 18.7. The van der Waals surface area contributed by atoms with Crippen molar-refractivity contribution >= 4 is 33.3 Å². The summed E-state index contributed by atoms with van der Waals surface area (Å²) in [4.78, 5) is 17.8. The maximum Gasteiger partial charge on any atom is 0.181 e. The number of rotatable bonds is 7. The van der Waals surface area contributed by atoms with Crippen LogP contribution in [0.3, 0.4) is 0 Å². The molecule has 0 amide bonds.